The van der Waals surface area contributed by atoms with Crippen LogP contribution in [0.4, 0.5) is 5.69 Å². The van der Waals surface area contributed by atoms with Gasteiger partial charge in [-0.15, -0.1) is 0 Å². The summed E-state index contributed by atoms with van der Waals surface area (Å²) < 4.78 is 0. The van der Waals surface area contributed by atoms with Crippen molar-refractivity contribution in [3.63, 3.8) is 0 Å². The molecule has 2 aromatic carbocycles. The van der Waals surface area contributed by atoms with Crippen LogP contribution in [0.15, 0.2) is 42.5 Å². The molecule has 1 atom stereocenters. The summed E-state index contributed by atoms with van der Waals surface area (Å²) in [7, 11) is 0. The molecule has 0 radical (unpaired) electrons. The highest BCUT2D eigenvalue weighted by Crippen LogP contribution is 2.33. The van der Waals surface area contributed by atoms with Gasteiger partial charge in [0.1, 0.15) is 0 Å². The number of piperidine rings is 3. The van der Waals surface area contributed by atoms with E-state index >= 15 is 0 Å². The van der Waals surface area contributed by atoms with E-state index in [4.69, 9.17) is 0 Å². The van der Waals surface area contributed by atoms with Crippen molar-refractivity contribution in [2.75, 3.05) is 25.0 Å². The molecule has 0 aromatic heterocycles. The molecule has 3 saturated heterocycles. The topological polar surface area (TPSA) is 32.3 Å². The van der Waals surface area contributed by atoms with Crippen LogP contribution in [-0.4, -0.2) is 30.4 Å². The second-order valence-corrected chi connectivity index (χ2v) is 6.30. The molecule has 5 rings (SSSR count). The van der Waals surface area contributed by atoms with E-state index < -0.39 is 0 Å². The predicted octanol–water partition coefficient (Wildman–Crippen LogP) is 3.12. The van der Waals surface area contributed by atoms with Gasteiger partial charge in [-0.25, -0.2) is 0 Å². The molecule has 1 amide bonds. The van der Waals surface area contributed by atoms with Crippen LogP contribution in [0.25, 0.3) is 10.8 Å². The lowest BCUT2D eigenvalue weighted by molar-refractivity contribution is -0.125. The molecule has 2 aromatic rings. The third-order valence-corrected chi connectivity index (χ3v) is 5.01. The van der Waals surface area contributed by atoms with E-state index in [1.54, 1.807) is 0 Å². The van der Waals surface area contributed by atoms with Crippen molar-refractivity contribution < 1.29 is 4.79 Å². The molecule has 3 heteroatoms. The first-order chi connectivity index (χ1) is 10.3. The number of anilines is 1. The smallest absolute Gasteiger partial charge is 0.229 e. The van der Waals surface area contributed by atoms with E-state index in [0.29, 0.717) is 5.92 Å². The van der Waals surface area contributed by atoms with Gasteiger partial charge in [-0.2, -0.15) is 0 Å². The molecule has 3 aliphatic rings. The zero-order chi connectivity index (χ0) is 14.2. The van der Waals surface area contributed by atoms with Gasteiger partial charge in [0.25, 0.3) is 0 Å². The molecule has 0 saturated carbocycles. The number of carbonyl (C=O) groups excluding carboxylic acids is 1. The first-order valence-corrected chi connectivity index (χ1v) is 7.81. The van der Waals surface area contributed by atoms with Gasteiger partial charge in [-0.3, -0.25) is 4.79 Å². The van der Waals surface area contributed by atoms with Gasteiger partial charge in [0, 0.05) is 12.2 Å². The Balaban J connectivity index is 1.52. The molecular weight excluding hydrogens is 260 g/mol. The van der Waals surface area contributed by atoms with Crippen LogP contribution in [-0.2, 0) is 4.79 Å². The highest BCUT2D eigenvalue weighted by molar-refractivity contribution is 5.96. The molecule has 3 heterocycles. The maximum atomic E-state index is 12.6. The van der Waals surface area contributed by atoms with Gasteiger partial charge in [-0.05, 0) is 54.8 Å². The van der Waals surface area contributed by atoms with Gasteiger partial charge in [0.2, 0.25) is 5.91 Å². The molecule has 21 heavy (non-hydrogen) atoms. The lowest BCUT2D eigenvalue weighted by atomic mass is 9.78. The molecule has 108 valence electrons. The molecule has 1 unspecified atom stereocenters. The van der Waals surface area contributed by atoms with E-state index in [1.807, 2.05) is 18.2 Å². The second kappa shape index (κ2) is 5.15. The van der Waals surface area contributed by atoms with Crippen LogP contribution in [0.2, 0.25) is 0 Å². The van der Waals surface area contributed by atoms with Gasteiger partial charge < -0.3 is 10.2 Å². The van der Waals surface area contributed by atoms with Gasteiger partial charge in [0.05, 0.1) is 5.92 Å². The second-order valence-electron chi connectivity index (χ2n) is 6.30. The third-order valence-electron chi connectivity index (χ3n) is 5.01. The maximum absolute atomic E-state index is 12.6. The highest BCUT2D eigenvalue weighted by atomic mass is 16.1. The van der Waals surface area contributed by atoms with Crippen molar-refractivity contribution in [2.45, 2.75) is 12.8 Å². The van der Waals surface area contributed by atoms with E-state index in [-0.39, 0.29) is 11.8 Å². The summed E-state index contributed by atoms with van der Waals surface area (Å²) in [5.74, 6) is 0.939. The number of rotatable bonds is 2. The van der Waals surface area contributed by atoms with E-state index in [9.17, 15) is 4.79 Å². The summed E-state index contributed by atoms with van der Waals surface area (Å²) in [6.45, 7) is 3.28. The molecule has 0 spiro atoms. The minimum Gasteiger partial charge on any atom is -0.326 e. The van der Waals surface area contributed by atoms with E-state index in [2.05, 4.69) is 34.5 Å². The number of benzene rings is 2. The highest BCUT2D eigenvalue weighted by Gasteiger charge is 2.38. The van der Waals surface area contributed by atoms with Crippen LogP contribution in [0.1, 0.15) is 12.8 Å². The molecule has 0 aliphatic carbocycles. The largest absolute Gasteiger partial charge is 0.326 e. The fourth-order valence-corrected chi connectivity index (χ4v) is 3.76. The normalized spacial score (nSPS) is 27.7. The summed E-state index contributed by atoms with van der Waals surface area (Å²) in [4.78, 5) is 15.0. The number of hydrogen-bond donors (Lipinski definition) is 1. The van der Waals surface area contributed by atoms with Gasteiger partial charge in [-0.1, -0.05) is 30.3 Å². The van der Waals surface area contributed by atoms with Crippen molar-refractivity contribution >= 4 is 22.4 Å². The van der Waals surface area contributed by atoms with E-state index in [1.165, 1.54) is 36.7 Å². The number of carbonyl (C=O) groups is 1. The zero-order valence-electron chi connectivity index (χ0n) is 12.1. The fraction of sp³-hybridized carbons (Fsp3) is 0.389. The Morgan fingerprint density at radius 1 is 1.05 bits per heavy atom. The first-order valence-electron chi connectivity index (χ1n) is 7.81. The Labute approximate surface area is 124 Å². The van der Waals surface area contributed by atoms with Crippen molar-refractivity contribution in [2.24, 2.45) is 11.8 Å². The minimum atomic E-state index is 0.166. The van der Waals surface area contributed by atoms with Crippen molar-refractivity contribution in [1.82, 2.24) is 4.90 Å². The van der Waals surface area contributed by atoms with E-state index in [0.717, 1.165) is 12.2 Å². The van der Waals surface area contributed by atoms with Gasteiger partial charge >= 0.3 is 0 Å². The minimum absolute atomic E-state index is 0.166. The van der Waals surface area contributed by atoms with Crippen molar-refractivity contribution in [3.8, 4) is 0 Å². The van der Waals surface area contributed by atoms with Crippen LogP contribution in [0, 0.1) is 11.8 Å². The Morgan fingerprint density at radius 2 is 1.81 bits per heavy atom. The average Bonchev–Trinajstić information content (AvgIpc) is 2.56. The zero-order valence-corrected chi connectivity index (χ0v) is 12.1. The van der Waals surface area contributed by atoms with Crippen LogP contribution < -0.4 is 5.32 Å². The summed E-state index contributed by atoms with van der Waals surface area (Å²) in [6.07, 6.45) is 2.35. The lowest BCUT2D eigenvalue weighted by Gasteiger charge is -2.43. The molecule has 2 bridgehead atoms. The number of fused-ring (bicyclic) bond motifs is 4. The maximum Gasteiger partial charge on any atom is 0.229 e. The standard InChI is InChI=1S/C18H20N2O/c21-18(17-12-20-9-7-14(17)8-10-20)19-16-6-5-13-3-1-2-4-15(13)11-16/h1-6,11,14,17H,7-10,12H2,(H,19,21). The van der Waals surface area contributed by atoms with Crippen LogP contribution in [0.3, 0.4) is 0 Å². The Kier molecular flexibility index (Phi) is 3.15. The molecule has 3 aliphatic heterocycles. The monoisotopic (exact) mass is 280 g/mol. The van der Waals surface area contributed by atoms with Gasteiger partial charge in [0.15, 0.2) is 0 Å². The average molecular weight is 280 g/mol. The Bertz CT molecular complexity index is 674. The molecular formula is C18H20N2O. The predicted molar refractivity (Wildman–Crippen MR) is 85.2 cm³/mol. The summed E-state index contributed by atoms with van der Waals surface area (Å²) >= 11 is 0. The summed E-state index contributed by atoms with van der Waals surface area (Å²) in [6, 6.07) is 14.4. The first kappa shape index (κ1) is 12.8. The fourth-order valence-electron chi connectivity index (χ4n) is 3.76. The third kappa shape index (κ3) is 2.42. The Hall–Kier alpha value is -1.87. The summed E-state index contributed by atoms with van der Waals surface area (Å²) in [5, 5.41) is 5.50. The van der Waals surface area contributed by atoms with Crippen molar-refractivity contribution in [1.29, 1.82) is 0 Å². The van der Waals surface area contributed by atoms with Crippen molar-refractivity contribution in [3.05, 3.63) is 42.5 Å². The molecule has 1 N–H and O–H groups in total. The molecule has 3 fully saturated rings. The quantitative estimate of drug-likeness (QED) is 0.916. The number of nitrogens with one attached hydrogen (secondary N) is 1. The molecule has 3 nitrogen and oxygen atoms in total. The summed E-state index contributed by atoms with van der Waals surface area (Å²) in [5.41, 5.74) is 0.912. The van der Waals surface area contributed by atoms with Crippen LogP contribution in [0.5, 0.6) is 0 Å². The SMILES string of the molecule is O=C(Nc1ccc2ccccc2c1)C1CN2CCC1CC2. The van der Waals surface area contributed by atoms with Crippen LogP contribution >= 0.6 is 0 Å². The number of amides is 1. The lowest BCUT2D eigenvalue weighted by Crippen LogP contribution is -2.51. The number of nitrogens with zero attached hydrogens (tertiary/aromatic N) is 1. The Morgan fingerprint density at radius 3 is 2.52 bits per heavy atom. The number of hydrogen-bond acceptors (Lipinski definition) is 2.